The maximum atomic E-state index is 11.3. The molecule has 1 N–H and O–H groups in total. The number of carboxylic acids is 1. The fraction of sp³-hybridized carbons (Fsp3) is 0.312. The lowest BCUT2D eigenvalue weighted by atomic mass is 9.93. The maximum Gasteiger partial charge on any atom is 0.335 e. The number of benzene rings is 1. The van der Waals surface area contributed by atoms with Crippen LogP contribution in [0.1, 0.15) is 39.3 Å². The number of halogens is 1. The van der Waals surface area contributed by atoms with E-state index < -0.39 is 5.97 Å². The van der Waals surface area contributed by atoms with Crippen molar-refractivity contribution in [2.75, 3.05) is 6.54 Å². The molecule has 1 unspecified atom stereocenters. The Bertz CT molecular complexity index is 683. The molecule has 110 valence electrons. The molecule has 0 fully saturated rings. The summed E-state index contributed by atoms with van der Waals surface area (Å²) >= 11 is 5.27. The monoisotopic (exact) mass is 365 g/mol. The number of hydrogen-bond donors (Lipinski definition) is 1. The fourth-order valence-electron chi connectivity index (χ4n) is 2.89. The topological polar surface area (TPSA) is 40.5 Å². The lowest BCUT2D eigenvalue weighted by molar-refractivity contribution is 0.0694. The Labute approximate surface area is 136 Å². The Kier molecular flexibility index (Phi) is 4.15. The highest BCUT2D eigenvalue weighted by atomic mass is 79.9. The zero-order chi connectivity index (χ0) is 15.0. The van der Waals surface area contributed by atoms with Crippen molar-refractivity contribution in [3.63, 3.8) is 0 Å². The van der Waals surface area contributed by atoms with Crippen LogP contribution in [0, 0.1) is 0 Å². The van der Waals surface area contributed by atoms with Crippen LogP contribution in [0.2, 0.25) is 0 Å². The van der Waals surface area contributed by atoms with Crippen LogP contribution < -0.4 is 0 Å². The van der Waals surface area contributed by atoms with Gasteiger partial charge in [0.05, 0.1) is 9.35 Å². The van der Waals surface area contributed by atoms with E-state index in [4.69, 9.17) is 0 Å². The van der Waals surface area contributed by atoms with Gasteiger partial charge in [0.2, 0.25) is 0 Å². The van der Waals surface area contributed by atoms with Gasteiger partial charge < -0.3 is 5.11 Å². The van der Waals surface area contributed by atoms with Crippen molar-refractivity contribution in [2.45, 2.75) is 25.9 Å². The van der Waals surface area contributed by atoms with Crippen LogP contribution in [0.4, 0.5) is 0 Å². The van der Waals surface area contributed by atoms with Gasteiger partial charge in [-0.25, -0.2) is 4.79 Å². The van der Waals surface area contributed by atoms with Gasteiger partial charge in [0.25, 0.3) is 0 Å². The molecule has 1 aromatic heterocycles. The molecule has 0 saturated carbocycles. The molecule has 0 aliphatic carbocycles. The van der Waals surface area contributed by atoms with E-state index in [0.717, 1.165) is 34.4 Å². The quantitative estimate of drug-likeness (QED) is 0.879. The van der Waals surface area contributed by atoms with Gasteiger partial charge in [0, 0.05) is 24.0 Å². The Morgan fingerprint density at radius 2 is 2.19 bits per heavy atom. The molecule has 2 aromatic rings. The minimum absolute atomic E-state index is 0.350. The summed E-state index contributed by atoms with van der Waals surface area (Å²) in [6, 6.07) is 10.2. The van der Waals surface area contributed by atoms with E-state index in [-0.39, 0.29) is 0 Å². The molecule has 21 heavy (non-hydrogen) atoms. The van der Waals surface area contributed by atoms with Gasteiger partial charge in [-0.1, -0.05) is 12.1 Å². The molecule has 0 bridgehead atoms. The minimum Gasteiger partial charge on any atom is -0.478 e. The van der Waals surface area contributed by atoms with Crippen molar-refractivity contribution in [1.29, 1.82) is 0 Å². The molecule has 1 aliphatic heterocycles. The molecule has 1 aliphatic rings. The number of rotatable bonds is 3. The van der Waals surface area contributed by atoms with Crippen LogP contribution in [0.15, 0.2) is 34.1 Å². The van der Waals surface area contributed by atoms with E-state index in [1.807, 2.05) is 12.1 Å². The summed E-state index contributed by atoms with van der Waals surface area (Å²) in [5, 5.41) is 9.28. The molecule has 0 spiro atoms. The first-order valence-corrected chi connectivity index (χ1v) is 8.50. The third-order valence-corrected chi connectivity index (χ3v) is 5.87. The zero-order valence-corrected chi connectivity index (χ0v) is 14.1. The largest absolute Gasteiger partial charge is 0.478 e. The maximum absolute atomic E-state index is 11.3. The van der Waals surface area contributed by atoms with Gasteiger partial charge in [0.15, 0.2) is 0 Å². The highest BCUT2D eigenvalue weighted by molar-refractivity contribution is 9.11. The average molecular weight is 366 g/mol. The van der Waals surface area contributed by atoms with E-state index in [9.17, 15) is 9.90 Å². The fourth-order valence-corrected chi connectivity index (χ4v) is 4.40. The first-order chi connectivity index (χ1) is 10.1. The second kappa shape index (κ2) is 5.91. The molecular weight excluding hydrogens is 350 g/mol. The van der Waals surface area contributed by atoms with E-state index in [1.54, 1.807) is 17.4 Å². The van der Waals surface area contributed by atoms with Crippen LogP contribution in [0.25, 0.3) is 0 Å². The lowest BCUT2D eigenvalue weighted by Crippen LogP contribution is -2.33. The van der Waals surface area contributed by atoms with Crippen molar-refractivity contribution < 1.29 is 9.90 Å². The van der Waals surface area contributed by atoms with Gasteiger partial charge >= 0.3 is 5.97 Å². The lowest BCUT2D eigenvalue weighted by Gasteiger charge is -2.33. The number of carboxylic acid groups (broad SMARTS) is 1. The van der Waals surface area contributed by atoms with Crippen molar-refractivity contribution in [1.82, 2.24) is 4.90 Å². The zero-order valence-electron chi connectivity index (χ0n) is 11.7. The predicted octanol–water partition coefficient (Wildman–Crippen LogP) is 4.33. The number of nitrogens with zero attached hydrogens (tertiary/aromatic N) is 1. The first-order valence-electron chi connectivity index (χ1n) is 6.89. The Hall–Kier alpha value is -1.17. The molecule has 3 nitrogen and oxygen atoms in total. The number of fused-ring (bicyclic) bond motifs is 1. The van der Waals surface area contributed by atoms with Crippen LogP contribution in [-0.2, 0) is 13.0 Å². The smallest absolute Gasteiger partial charge is 0.335 e. The van der Waals surface area contributed by atoms with E-state index in [1.165, 1.54) is 4.88 Å². The molecule has 2 heterocycles. The Balaban J connectivity index is 1.85. The summed E-state index contributed by atoms with van der Waals surface area (Å²) in [7, 11) is 0. The molecule has 0 saturated heterocycles. The molecule has 1 aromatic carbocycles. The molecule has 3 rings (SSSR count). The van der Waals surface area contributed by atoms with E-state index >= 15 is 0 Å². The third kappa shape index (κ3) is 2.91. The van der Waals surface area contributed by atoms with Crippen molar-refractivity contribution >= 4 is 33.2 Å². The SMILES string of the molecule is CC(c1ccc(Br)s1)N1CCc2c(cccc2C(=O)O)C1. The molecule has 5 heteroatoms. The van der Waals surface area contributed by atoms with Gasteiger partial charge in [-0.3, -0.25) is 4.90 Å². The van der Waals surface area contributed by atoms with Crippen LogP contribution in [0.5, 0.6) is 0 Å². The minimum atomic E-state index is -0.824. The summed E-state index contributed by atoms with van der Waals surface area (Å²) < 4.78 is 1.15. The van der Waals surface area contributed by atoms with Crippen molar-refractivity contribution in [3.8, 4) is 0 Å². The summed E-state index contributed by atoms with van der Waals surface area (Å²) in [5.41, 5.74) is 2.60. The van der Waals surface area contributed by atoms with Gasteiger partial charge in [-0.15, -0.1) is 11.3 Å². The first kappa shape index (κ1) is 14.8. The normalized spacial score (nSPS) is 16.5. The molecular formula is C16H16BrNO2S. The van der Waals surface area contributed by atoms with Gasteiger partial charge in [-0.2, -0.15) is 0 Å². The molecule has 0 radical (unpaired) electrons. The number of hydrogen-bond acceptors (Lipinski definition) is 3. The van der Waals surface area contributed by atoms with Crippen LogP contribution in [0.3, 0.4) is 0 Å². The van der Waals surface area contributed by atoms with Gasteiger partial charge in [-0.05, 0) is 58.6 Å². The van der Waals surface area contributed by atoms with Gasteiger partial charge in [0.1, 0.15) is 0 Å². The van der Waals surface area contributed by atoms with Crippen molar-refractivity contribution in [3.05, 3.63) is 55.7 Å². The van der Waals surface area contributed by atoms with E-state index in [0.29, 0.717) is 11.6 Å². The summed E-state index contributed by atoms with van der Waals surface area (Å²) in [6.07, 6.45) is 0.800. The standard InChI is InChI=1S/C16H16BrNO2S/c1-10(14-5-6-15(17)21-14)18-8-7-12-11(9-18)3-2-4-13(12)16(19)20/h2-6,10H,7-9H2,1H3,(H,19,20). The number of thiophene rings is 1. The number of carbonyl (C=O) groups is 1. The van der Waals surface area contributed by atoms with E-state index in [2.05, 4.69) is 39.9 Å². The Morgan fingerprint density at radius 3 is 2.86 bits per heavy atom. The predicted molar refractivity (Wildman–Crippen MR) is 87.9 cm³/mol. The average Bonchev–Trinajstić information content (AvgIpc) is 2.91. The Morgan fingerprint density at radius 1 is 1.38 bits per heavy atom. The highest BCUT2D eigenvalue weighted by Gasteiger charge is 2.25. The van der Waals surface area contributed by atoms with Crippen molar-refractivity contribution in [2.24, 2.45) is 0 Å². The number of aromatic carboxylic acids is 1. The summed E-state index contributed by atoms with van der Waals surface area (Å²) in [4.78, 5) is 15.0. The summed E-state index contributed by atoms with van der Waals surface area (Å²) in [5.74, 6) is -0.824. The van der Waals surface area contributed by atoms with Crippen LogP contribution >= 0.6 is 27.3 Å². The molecule has 1 atom stereocenters. The second-order valence-electron chi connectivity index (χ2n) is 5.29. The third-order valence-electron chi connectivity index (χ3n) is 4.08. The van der Waals surface area contributed by atoms with Crippen LogP contribution in [-0.4, -0.2) is 22.5 Å². The summed E-state index contributed by atoms with van der Waals surface area (Å²) in [6.45, 7) is 3.92. The second-order valence-corrected chi connectivity index (χ2v) is 7.78. The molecule has 0 amide bonds. The highest BCUT2D eigenvalue weighted by Crippen LogP contribution is 2.33.